The van der Waals surface area contributed by atoms with Gasteiger partial charge in [-0.15, -0.1) is 0 Å². The first kappa shape index (κ1) is 78.6. The molecule has 0 bridgehead atoms. The molecule has 27 nitrogen and oxygen atoms in total. The number of likely N-dealkylation sites (tertiary alicyclic amines) is 1. The van der Waals surface area contributed by atoms with Gasteiger partial charge < -0.3 is 50.5 Å². The van der Waals surface area contributed by atoms with Crippen LogP contribution in [0.3, 0.4) is 0 Å². The van der Waals surface area contributed by atoms with Crippen molar-refractivity contribution in [1.29, 1.82) is 0 Å². The maximum absolute atomic E-state index is 13.4. The molecule has 7 N–H and O–H groups in total. The van der Waals surface area contributed by atoms with Crippen LogP contribution < -0.4 is 40.9 Å². The van der Waals surface area contributed by atoms with E-state index in [0.717, 1.165) is 184 Å². The Hall–Kier alpha value is -12.7. The fraction of sp³-hybridized carbons (Fsp3) is 0.353. The third-order valence-electron chi connectivity index (χ3n) is 22.0. The maximum Gasteiger partial charge on any atom is 0.356 e. The van der Waals surface area contributed by atoms with Crippen molar-refractivity contribution in [3.63, 3.8) is 0 Å². The second-order valence-electron chi connectivity index (χ2n) is 29.7. The molecule has 6 fully saturated rings. The second kappa shape index (κ2) is 37.1. The Morgan fingerprint density at radius 2 is 0.819 bits per heavy atom. The molecule has 0 spiro atoms. The Morgan fingerprint density at radius 1 is 0.440 bits per heavy atom. The summed E-state index contributed by atoms with van der Waals surface area (Å²) < 4.78 is 60.3. The van der Waals surface area contributed by atoms with Gasteiger partial charge in [-0.1, -0.05) is 61.0 Å². The molecular weight excluding hydrogens is 1480 g/mol. The average molecular weight is 1570 g/mol. The number of piperidine rings is 1. The van der Waals surface area contributed by atoms with E-state index in [1.165, 1.54) is 79.8 Å². The molecule has 1 saturated carbocycles. The largest absolute Gasteiger partial charge is 0.461 e. The van der Waals surface area contributed by atoms with Gasteiger partial charge in [-0.3, -0.25) is 20.0 Å². The Kier molecular flexibility index (Phi) is 25.1. The van der Waals surface area contributed by atoms with Gasteiger partial charge in [0.05, 0.1) is 42.5 Å². The Bertz CT molecular complexity index is 5220. The molecule has 4 unspecified atom stereocenters. The second-order valence-corrected chi connectivity index (χ2v) is 29.7. The van der Waals surface area contributed by atoms with Crippen molar-refractivity contribution in [3.05, 3.63) is 245 Å². The first-order valence-corrected chi connectivity index (χ1v) is 39.8. The van der Waals surface area contributed by atoms with Gasteiger partial charge in [0.25, 0.3) is 0 Å². The number of carbonyl (C=O) groups is 1. The van der Waals surface area contributed by atoms with E-state index < -0.39 is 5.97 Å². The highest BCUT2D eigenvalue weighted by molar-refractivity contribution is 5.88. The molecule has 4 atom stereocenters. The zero-order valence-corrected chi connectivity index (χ0v) is 65.3. The highest BCUT2D eigenvalue weighted by atomic mass is 19.1. The molecule has 31 heteroatoms. The van der Waals surface area contributed by atoms with Gasteiger partial charge in [0, 0.05) is 92.0 Å². The number of halogens is 4. The zero-order valence-electron chi connectivity index (χ0n) is 65.3. The highest BCUT2D eigenvalue weighted by Gasteiger charge is 2.33. The van der Waals surface area contributed by atoms with Crippen molar-refractivity contribution < 1.29 is 27.1 Å². The molecule has 6 aliphatic rings. The summed E-state index contributed by atoms with van der Waals surface area (Å²) in [6, 6.07) is 43.4. The van der Waals surface area contributed by atoms with Crippen molar-refractivity contribution in [1.82, 2.24) is 85.1 Å². The molecular formula is C85H95F4N25O2. The van der Waals surface area contributed by atoms with Gasteiger partial charge in [0.15, 0.2) is 23.3 Å². The Labute approximate surface area is 670 Å². The number of hydrogen-bond donors (Lipinski definition) is 7. The van der Waals surface area contributed by atoms with Crippen molar-refractivity contribution in [2.24, 2.45) is 0 Å². The Morgan fingerprint density at radius 3 is 1.21 bits per heavy atom. The van der Waals surface area contributed by atoms with Crippen molar-refractivity contribution in [3.8, 4) is 0 Å². The molecule has 12 aromatic rings. The number of aryl methyl sites for hydroxylation is 1. The summed E-state index contributed by atoms with van der Waals surface area (Å²) >= 11 is 0. The summed E-state index contributed by atoms with van der Waals surface area (Å²) in [7, 11) is 2.17. The van der Waals surface area contributed by atoms with Crippen LogP contribution in [0, 0.1) is 30.2 Å². The number of aromatic amines is 3. The van der Waals surface area contributed by atoms with Crippen LogP contribution in [0.4, 0.5) is 87.4 Å². The topological polar surface area (TPSA) is 298 Å². The number of nitrogens with zero attached hydrogens (tertiary/aromatic N) is 18. The molecule has 0 radical (unpaired) electrons. The van der Waals surface area contributed by atoms with Gasteiger partial charge >= 0.3 is 5.97 Å². The fourth-order valence-corrected chi connectivity index (χ4v) is 16.0. The molecule has 600 valence electrons. The number of hydrogen-bond acceptors (Lipinski definition) is 23. The van der Waals surface area contributed by atoms with E-state index >= 15 is 0 Å². The first-order chi connectivity index (χ1) is 56.7. The maximum atomic E-state index is 13.4. The molecule has 4 aromatic carbocycles. The number of benzene rings is 4. The van der Waals surface area contributed by atoms with Crippen LogP contribution in [0.5, 0.6) is 0 Å². The lowest BCUT2D eigenvalue weighted by molar-refractivity contribution is 0.0519. The molecule has 5 saturated heterocycles. The smallest absolute Gasteiger partial charge is 0.356 e. The van der Waals surface area contributed by atoms with E-state index in [9.17, 15) is 22.4 Å². The zero-order chi connectivity index (χ0) is 79.9. The molecule has 1 aliphatic carbocycles. The summed E-state index contributed by atoms with van der Waals surface area (Å²) in [5.74, 6) is 8.09. The van der Waals surface area contributed by atoms with E-state index in [1.54, 1.807) is 32.0 Å². The minimum absolute atomic E-state index is 0.138. The van der Waals surface area contributed by atoms with E-state index in [2.05, 4.69) is 147 Å². The number of allylic oxidation sites excluding steroid dienone is 1. The van der Waals surface area contributed by atoms with Crippen LogP contribution in [0.25, 0.3) is 6.08 Å². The third-order valence-corrected chi connectivity index (χ3v) is 22.0. The summed E-state index contributed by atoms with van der Waals surface area (Å²) in [4.78, 5) is 58.3. The number of aromatic nitrogens is 16. The van der Waals surface area contributed by atoms with Crippen LogP contribution in [0.2, 0.25) is 0 Å². The van der Waals surface area contributed by atoms with Gasteiger partial charge in [-0.05, 0) is 195 Å². The minimum Gasteiger partial charge on any atom is -0.461 e. The molecule has 5 aliphatic heterocycles. The summed E-state index contributed by atoms with van der Waals surface area (Å²) in [5, 5.41) is 39.1. The number of ether oxygens (including phenoxy) is 1. The highest BCUT2D eigenvalue weighted by Crippen LogP contribution is 2.42. The third kappa shape index (κ3) is 19.6. The number of rotatable bonds is 21. The van der Waals surface area contributed by atoms with Crippen LogP contribution in [0.15, 0.2) is 177 Å². The monoisotopic (exact) mass is 1570 g/mol. The normalized spacial score (nSPS) is 18.2. The molecule has 116 heavy (non-hydrogen) atoms. The quantitative estimate of drug-likeness (QED) is 0.0260. The van der Waals surface area contributed by atoms with Crippen LogP contribution >= 0.6 is 0 Å². The number of esters is 1. The summed E-state index contributed by atoms with van der Waals surface area (Å²) in [6.07, 6.45) is 24.4. The lowest BCUT2D eigenvalue weighted by atomic mass is 9.83. The number of carbonyl (C=O) groups excluding carboxylic acids is 1. The number of anilines is 12. The molecule has 18 rings (SSSR count). The van der Waals surface area contributed by atoms with Crippen LogP contribution in [-0.2, 0) is 4.74 Å². The number of nitrogens with one attached hydrogen (secondary N) is 7. The van der Waals surface area contributed by atoms with Crippen LogP contribution in [0.1, 0.15) is 183 Å². The average Bonchev–Trinajstić information content (AvgIpc) is 1.65. The fourth-order valence-electron chi connectivity index (χ4n) is 16.0. The standard InChI is InChI=1S/C24H30FN7.C21H23FN6.C20H21FN6O2.C20H21FN6/c1-17-14-23(29-32(17)20-9-12-30(2)13-10-20)28-22-15-24(27-16-26-22)31-11-3-4-21(31)18-5-7-19(25)8-6-18;22-16-8-6-15(7-9-16)18-5-2-10-28(18)21-12-19(23-13-24-21)25-20-11-17(26-27-20)14-3-1-4-14;1-2-29-20(28)15-10-18(26-25-15)24-17-11-19(23-12-22-17)27-9-3-4-16(27)13-5-7-14(21)8-6-13;1-2-4-16-11-19(26-25-16)24-18-12-20(23-13-22-18)27-10-3-5-17(27)14-6-8-15(21)9-7-14/h5-8,14-16,20-21H,3-4,9-13H2,1-2H3,(H,26,27,28,29);6-9,11-14,18H,1-5,10H2,(H2,23,24,25,26,27);5-8,10-12,16H,2-4,9H2,1H3,(H2,22,23,24,25,26);2,4,6-9,11-13,17H,3,5,10H2,1H3,(H2,22,23,24,25,26)/b;;;4-2+. The lowest BCUT2D eigenvalue weighted by Gasteiger charge is -2.29. The van der Waals surface area contributed by atoms with E-state index in [4.69, 9.17) is 9.84 Å². The van der Waals surface area contributed by atoms with Crippen molar-refractivity contribution in [2.75, 3.05) is 93.8 Å². The van der Waals surface area contributed by atoms with Gasteiger partial charge in [0.1, 0.15) is 101 Å². The van der Waals surface area contributed by atoms with E-state index in [-0.39, 0.29) is 53.1 Å². The van der Waals surface area contributed by atoms with Gasteiger partial charge in [0.2, 0.25) is 0 Å². The molecule has 13 heterocycles. The Balaban J connectivity index is 0.000000122. The van der Waals surface area contributed by atoms with Gasteiger partial charge in [-0.2, -0.15) is 20.4 Å². The van der Waals surface area contributed by atoms with Crippen molar-refractivity contribution in [2.45, 2.75) is 140 Å². The first-order valence-electron chi connectivity index (χ1n) is 39.8. The van der Waals surface area contributed by atoms with E-state index in [0.29, 0.717) is 41.8 Å². The predicted octanol–water partition coefficient (Wildman–Crippen LogP) is 17.2. The summed E-state index contributed by atoms with van der Waals surface area (Å²) in [6.45, 7) is 11.9. The van der Waals surface area contributed by atoms with Crippen molar-refractivity contribution >= 4 is 81.9 Å². The minimum atomic E-state index is -0.462. The predicted molar refractivity (Wildman–Crippen MR) is 440 cm³/mol. The van der Waals surface area contributed by atoms with E-state index in [1.807, 2.05) is 97.9 Å². The van der Waals surface area contributed by atoms with Crippen LogP contribution in [-0.4, -0.2) is 144 Å². The van der Waals surface area contributed by atoms with Gasteiger partial charge in [-0.25, -0.2) is 62.2 Å². The number of H-pyrrole nitrogens is 3. The molecule has 8 aromatic heterocycles. The lowest BCUT2D eigenvalue weighted by Crippen LogP contribution is -2.32. The molecule has 0 amide bonds. The summed E-state index contributed by atoms with van der Waals surface area (Å²) in [5.41, 5.74) is 7.93. The SMILES string of the molecule is C/C=C/c1cc(Nc2cc(N3CCCC3c3ccc(F)cc3)ncn2)n[nH]1.CCOC(=O)c1cc(Nc2cc(N3CCCC3c3ccc(F)cc3)ncn2)n[nH]1.Cc1cc(Nc2cc(N3CCCC3c3ccc(F)cc3)ncn2)nn1C1CCN(C)CC1.Fc1ccc(C2CCCN2c2cc(Nc3cc(C4CCC4)[nH]n3)ncn2)cc1.